The number of benzene rings is 2. The summed E-state index contributed by atoms with van der Waals surface area (Å²) in [5, 5.41) is 0. The van der Waals surface area contributed by atoms with Crippen molar-refractivity contribution in [2.45, 2.75) is 43.1 Å². The molecular weight excluding hydrogens is 362 g/mol. The monoisotopic (exact) mass is 387 g/mol. The summed E-state index contributed by atoms with van der Waals surface area (Å²) in [6.07, 6.45) is 0.791. The maximum absolute atomic E-state index is 13.4. The van der Waals surface area contributed by atoms with Gasteiger partial charge in [-0.25, -0.2) is 8.42 Å². The fourth-order valence-corrected chi connectivity index (χ4v) is 5.80. The minimum Gasteiger partial charge on any atom is -0.356 e. The van der Waals surface area contributed by atoms with Gasteiger partial charge in [0.2, 0.25) is 10.0 Å². The molecule has 2 heterocycles. The predicted octanol–water partition coefficient (Wildman–Crippen LogP) is 3.51. The predicted molar refractivity (Wildman–Crippen MR) is 103 cm³/mol. The maximum atomic E-state index is 13.4. The highest BCUT2D eigenvalue weighted by Gasteiger charge is 2.51. The number of nitrogens with zero attached hydrogens (tertiary/aromatic N) is 1. The number of aryl methyl sites for hydroxylation is 1. The topological polar surface area (TPSA) is 55.8 Å². The Kier molecular flexibility index (Phi) is 5.07. The van der Waals surface area contributed by atoms with E-state index < -0.39 is 16.3 Å². The number of sulfonamides is 1. The van der Waals surface area contributed by atoms with Crippen LogP contribution < -0.4 is 0 Å². The van der Waals surface area contributed by atoms with Crippen LogP contribution in [0, 0.1) is 12.8 Å². The van der Waals surface area contributed by atoms with Crippen molar-refractivity contribution in [1.29, 1.82) is 0 Å². The Morgan fingerprint density at radius 2 is 1.74 bits per heavy atom. The van der Waals surface area contributed by atoms with E-state index in [1.807, 2.05) is 37.3 Å². The van der Waals surface area contributed by atoms with Crippen molar-refractivity contribution in [2.24, 2.45) is 5.92 Å². The van der Waals surface area contributed by atoms with Gasteiger partial charge < -0.3 is 9.47 Å². The molecule has 5 nitrogen and oxygen atoms in total. The van der Waals surface area contributed by atoms with Gasteiger partial charge in [0.1, 0.15) is 6.23 Å². The molecule has 0 amide bonds. The van der Waals surface area contributed by atoms with Gasteiger partial charge in [0, 0.05) is 25.5 Å². The summed E-state index contributed by atoms with van der Waals surface area (Å²) in [5.41, 5.74) is 2.19. The van der Waals surface area contributed by atoms with E-state index in [1.165, 1.54) is 4.31 Å². The zero-order valence-electron chi connectivity index (χ0n) is 15.6. The van der Waals surface area contributed by atoms with Crippen LogP contribution >= 0.6 is 0 Å². The third-order valence-corrected chi connectivity index (χ3v) is 7.53. The third-order valence-electron chi connectivity index (χ3n) is 5.69. The van der Waals surface area contributed by atoms with Crippen molar-refractivity contribution in [1.82, 2.24) is 4.31 Å². The highest BCUT2D eigenvalue weighted by Crippen LogP contribution is 2.46. The van der Waals surface area contributed by atoms with Crippen molar-refractivity contribution < 1.29 is 17.9 Å². The van der Waals surface area contributed by atoms with Crippen molar-refractivity contribution in [2.75, 3.05) is 13.7 Å². The summed E-state index contributed by atoms with van der Waals surface area (Å²) >= 11 is 0. The Labute approximate surface area is 161 Å². The van der Waals surface area contributed by atoms with Gasteiger partial charge in [-0.15, -0.1) is 0 Å². The lowest BCUT2D eigenvalue weighted by Crippen LogP contribution is -2.44. The van der Waals surface area contributed by atoms with E-state index in [2.05, 4.69) is 12.1 Å². The van der Waals surface area contributed by atoms with Crippen LogP contribution in [0.5, 0.6) is 0 Å². The largest absolute Gasteiger partial charge is 0.356 e. The Hall–Kier alpha value is -1.73. The molecule has 0 aromatic heterocycles. The second kappa shape index (κ2) is 7.36. The summed E-state index contributed by atoms with van der Waals surface area (Å²) in [7, 11) is -2.04. The van der Waals surface area contributed by atoms with Gasteiger partial charge in [-0.3, -0.25) is 0 Å². The van der Waals surface area contributed by atoms with Gasteiger partial charge in [0.05, 0.1) is 4.90 Å². The normalized spacial score (nSPS) is 28.8. The van der Waals surface area contributed by atoms with E-state index in [4.69, 9.17) is 9.47 Å². The van der Waals surface area contributed by atoms with E-state index in [1.54, 1.807) is 19.2 Å². The molecule has 144 valence electrons. The number of fused-ring (bicyclic) bond motifs is 1. The number of ether oxygens (including phenoxy) is 2. The Balaban J connectivity index is 1.71. The Bertz CT molecular complexity index is 882. The summed E-state index contributed by atoms with van der Waals surface area (Å²) in [6, 6.07) is 17.1. The molecule has 2 saturated heterocycles. The lowest BCUT2D eigenvalue weighted by atomic mass is 9.84. The molecule has 0 saturated carbocycles. The van der Waals surface area contributed by atoms with Crippen LogP contribution in [-0.4, -0.2) is 38.9 Å². The highest BCUT2D eigenvalue weighted by molar-refractivity contribution is 7.89. The van der Waals surface area contributed by atoms with Gasteiger partial charge in [-0.05, 0) is 37.5 Å². The molecule has 2 aliphatic heterocycles. The van der Waals surface area contributed by atoms with Crippen LogP contribution in [0.15, 0.2) is 59.5 Å². The average Bonchev–Trinajstić information content (AvgIpc) is 3.08. The molecule has 0 spiro atoms. The fraction of sp³-hybridized carbons (Fsp3) is 0.429. The second-order valence-corrected chi connectivity index (χ2v) is 9.23. The molecule has 2 aromatic rings. The first kappa shape index (κ1) is 18.6. The Morgan fingerprint density at radius 1 is 1.04 bits per heavy atom. The number of hydrogen-bond acceptors (Lipinski definition) is 4. The minimum atomic E-state index is -3.65. The van der Waals surface area contributed by atoms with E-state index >= 15 is 0 Å². The van der Waals surface area contributed by atoms with Gasteiger partial charge >= 0.3 is 0 Å². The van der Waals surface area contributed by atoms with E-state index in [-0.39, 0.29) is 18.1 Å². The van der Waals surface area contributed by atoms with Crippen molar-refractivity contribution in [3.8, 4) is 0 Å². The molecule has 4 rings (SSSR count). The first-order valence-electron chi connectivity index (χ1n) is 9.32. The SMILES string of the molecule is CO[C@H]1CC[C@H]2[C@@H](O1)N(S(=O)(=O)c1ccc(C)cc1)C[C@H]2c1ccccc1. The van der Waals surface area contributed by atoms with Crippen LogP contribution in [0.1, 0.15) is 29.9 Å². The van der Waals surface area contributed by atoms with Crippen molar-refractivity contribution >= 4 is 10.0 Å². The van der Waals surface area contributed by atoms with Gasteiger partial charge in [-0.2, -0.15) is 4.31 Å². The molecule has 2 aliphatic rings. The van der Waals surface area contributed by atoms with E-state index in [9.17, 15) is 8.42 Å². The molecule has 2 fully saturated rings. The lowest BCUT2D eigenvalue weighted by Gasteiger charge is -2.36. The average molecular weight is 388 g/mol. The quantitative estimate of drug-likeness (QED) is 0.806. The molecule has 0 aliphatic carbocycles. The smallest absolute Gasteiger partial charge is 0.245 e. The standard InChI is InChI=1S/C21H25NO4S/c1-15-8-10-17(11-9-15)27(23,24)22-14-19(16-6-4-3-5-7-16)18-12-13-20(25-2)26-21(18)22/h3-11,18-21H,12-14H2,1-2H3/t18-,19+,20-,21-/m1/s1. The minimum absolute atomic E-state index is 0.120. The lowest BCUT2D eigenvalue weighted by molar-refractivity contribution is -0.212. The Morgan fingerprint density at radius 3 is 2.41 bits per heavy atom. The first-order valence-corrected chi connectivity index (χ1v) is 10.8. The fourth-order valence-electron chi connectivity index (χ4n) is 4.22. The van der Waals surface area contributed by atoms with E-state index in [0.717, 1.165) is 24.0 Å². The summed E-state index contributed by atoms with van der Waals surface area (Å²) in [6.45, 7) is 2.37. The molecule has 0 radical (unpaired) electrons. The third kappa shape index (κ3) is 3.43. The molecular formula is C21H25NO4S. The molecule has 6 heteroatoms. The maximum Gasteiger partial charge on any atom is 0.245 e. The van der Waals surface area contributed by atoms with Crippen LogP contribution in [0.4, 0.5) is 0 Å². The molecule has 2 aromatic carbocycles. The van der Waals surface area contributed by atoms with E-state index in [0.29, 0.717) is 11.4 Å². The van der Waals surface area contributed by atoms with Crippen molar-refractivity contribution in [3.05, 3.63) is 65.7 Å². The zero-order chi connectivity index (χ0) is 19.0. The van der Waals surface area contributed by atoms with Gasteiger partial charge in [-0.1, -0.05) is 48.0 Å². The molecule has 27 heavy (non-hydrogen) atoms. The van der Waals surface area contributed by atoms with Crippen LogP contribution in [0.3, 0.4) is 0 Å². The highest BCUT2D eigenvalue weighted by atomic mass is 32.2. The van der Waals surface area contributed by atoms with Crippen LogP contribution in [0.25, 0.3) is 0 Å². The zero-order valence-corrected chi connectivity index (χ0v) is 16.4. The second-order valence-electron chi connectivity index (χ2n) is 7.34. The molecule has 4 atom stereocenters. The number of rotatable bonds is 4. The number of methoxy groups -OCH3 is 1. The summed E-state index contributed by atoms with van der Waals surface area (Å²) in [4.78, 5) is 0.309. The van der Waals surface area contributed by atoms with Crippen LogP contribution in [0.2, 0.25) is 0 Å². The summed E-state index contributed by atoms with van der Waals surface area (Å²) in [5.74, 6) is 0.244. The first-order chi connectivity index (χ1) is 13.0. The molecule has 0 N–H and O–H groups in total. The van der Waals surface area contributed by atoms with Crippen molar-refractivity contribution in [3.63, 3.8) is 0 Å². The van der Waals surface area contributed by atoms with Gasteiger partial charge in [0.25, 0.3) is 0 Å². The van der Waals surface area contributed by atoms with Crippen LogP contribution in [-0.2, 0) is 19.5 Å². The van der Waals surface area contributed by atoms with Gasteiger partial charge in [0.15, 0.2) is 6.29 Å². The summed E-state index contributed by atoms with van der Waals surface area (Å²) < 4.78 is 39.7. The molecule has 0 bridgehead atoms. The molecule has 0 unspecified atom stereocenters. The number of hydrogen-bond donors (Lipinski definition) is 0.